The van der Waals surface area contributed by atoms with Gasteiger partial charge in [-0.3, -0.25) is 0 Å². The van der Waals surface area contributed by atoms with Crippen LogP contribution in [0, 0.1) is 11.8 Å². The first-order valence-electron chi connectivity index (χ1n) is 10.0. The molecular formula is C26H25P. The van der Waals surface area contributed by atoms with Crippen molar-refractivity contribution in [1.82, 2.24) is 0 Å². The normalized spacial score (nSPS) is 23.6. The molecule has 0 spiro atoms. The van der Waals surface area contributed by atoms with Crippen molar-refractivity contribution in [3.63, 3.8) is 0 Å². The summed E-state index contributed by atoms with van der Waals surface area (Å²) in [5.41, 5.74) is 3.92. The predicted molar refractivity (Wildman–Crippen MR) is 117 cm³/mol. The smallest absolute Gasteiger partial charge is 0.0000110 e. The maximum atomic E-state index is 2.65. The minimum absolute atomic E-state index is 0.322. The minimum Gasteiger partial charge on any atom is -0.0809 e. The SMILES string of the molecule is C1=C(Cc2ccccc2)[C@@H]2CC[C@H]1[C@@H]2P(c1ccccc1)c1ccccc1. The van der Waals surface area contributed by atoms with Gasteiger partial charge in [0.15, 0.2) is 0 Å². The Morgan fingerprint density at radius 1 is 0.667 bits per heavy atom. The fraction of sp³-hybridized carbons (Fsp3) is 0.231. The monoisotopic (exact) mass is 368 g/mol. The lowest BCUT2D eigenvalue weighted by Crippen LogP contribution is -2.26. The molecule has 0 amide bonds. The highest BCUT2D eigenvalue weighted by atomic mass is 31.1. The van der Waals surface area contributed by atoms with Gasteiger partial charge < -0.3 is 0 Å². The Kier molecular flexibility index (Phi) is 4.68. The topological polar surface area (TPSA) is 0 Å². The van der Waals surface area contributed by atoms with E-state index >= 15 is 0 Å². The van der Waals surface area contributed by atoms with Gasteiger partial charge in [-0.25, -0.2) is 0 Å². The average molecular weight is 368 g/mol. The van der Waals surface area contributed by atoms with E-state index in [9.17, 15) is 0 Å². The number of hydrogen-bond donors (Lipinski definition) is 0. The van der Waals surface area contributed by atoms with E-state index in [2.05, 4.69) is 97.1 Å². The van der Waals surface area contributed by atoms with Crippen LogP contribution >= 0.6 is 7.92 Å². The van der Waals surface area contributed by atoms with Crippen LogP contribution < -0.4 is 10.6 Å². The van der Waals surface area contributed by atoms with Crippen molar-refractivity contribution in [2.75, 3.05) is 0 Å². The third-order valence-corrected chi connectivity index (χ3v) is 9.23. The Bertz CT molecular complexity index is 875. The molecule has 3 atom stereocenters. The van der Waals surface area contributed by atoms with Crippen LogP contribution in [0.5, 0.6) is 0 Å². The van der Waals surface area contributed by atoms with Gasteiger partial charge in [0.25, 0.3) is 0 Å². The van der Waals surface area contributed by atoms with Crippen LogP contribution in [0.1, 0.15) is 18.4 Å². The number of benzene rings is 3. The zero-order valence-electron chi connectivity index (χ0n) is 15.5. The zero-order valence-corrected chi connectivity index (χ0v) is 16.4. The summed E-state index contributed by atoms with van der Waals surface area (Å²) in [5.74, 6) is 1.50. The maximum Gasteiger partial charge on any atom is -0.0000110 e. The first-order valence-corrected chi connectivity index (χ1v) is 11.4. The standard InChI is InChI=1S/C26H25P/c1-4-10-20(11-5-1)18-22-19-21-16-17-25(22)26(21)27(23-12-6-2-7-13-23)24-14-8-3-9-15-24/h1-15,19,21,25-26H,16-18H2/t21-,25+,26+/m1/s1. The van der Waals surface area contributed by atoms with Crippen LogP contribution in [0.3, 0.4) is 0 Å². The molecule has 2 aliphatic carbocycles. The molecule has 27 heavy (non-hydrogen) atoms. The summed E-state index contributed by atoms with van der Waals surface area (Å²) < 4.78 is 0. The summed E-state index contributed by atoms with van der Waals surface area (Å²) in [6.45, 7) is 0. The van der Waals surface area contributed by atoms with Gasteiger partial charge in [-0.15, -0.1) is 0 Å². The summed E-state index contributed by atoms with van der Waals surface area (Å²) >= 11 is 0. The molecular weight excluding hydrogens is 343 g/mol. The predicted octanol–water partition coefficient (Wildman–Crippen LogP) is 5.70. The van der Waals surface area contributed by atoms with E-state index in [0.717, 1.165) is 23.9 Å². The molecule has 0 unspecified atom stereocenters. The zero-order chi connectivity index (χ0) is 18.1. The van der Waals surface area contributed by atoms with Crippen LogP contribution in [-0.2, 0) is 6.42 Å². The molecule has 0 aliphatic heterocycles. The molecule has 0 radical (unpaired) electrons. The van der Waals surface area contributed by atoms with Crippen molar-refractivity contribution >= 4 is 18.5 Å². The molecule has 1 fully saturated rings. The van der Waals surface area contributed by atoms with E-state index in [1.165, 1.54) is 29.0 Å². The second kappa shape index (κ2) is 7.45. The van der Waals surface area contributed by atoms with Crippen molar-refractivity contribution in [3.05, 3.63) is 108 Å². The lowest BCUT2D eigenvalue weighted by Gasteiger charge is -2.30. The van der Waals surface area contributed by atoms with E-state index in [-0.39, 0.29) is 7.92 Å². The molecule has 0 N–H and O–H groups in total. The molecule has 134 valence electrons. The largest absolute Gasteiger partial charge is 0.0809 e. The van der Waals surface area contributed by atoms with Crippen molar-refractivity contribution in [2.45, 2.75) is 24.9 Å². The molecule has 5 rings (SSSR count). The molecule has 2 aliphatic rings. The van der Waals surface area contributed by atoms with Crippen molar-refractivity contribution in [3.8, 4) is 0 Å². The molecule has 3 aromatic carbocycles. The van der Waals surface area contributed by atoms with Crippen molar-refractivity contribution < 1.29 is 0 Å². The second-order valence-corrected chi connectivity index (χ2v) is 10.2. The number of hydrogen-bond acceptors (Lipinski definition) is 0. The number of rotatable bonds is 5. The van der Waals surface area contributed by atoms with E-state index < -0.39 is 0 Å². The van der Waals surface area contributed by atoms with E-state index in [4.69, 9.17) is 0 Å². The van der Waals surface area contributed by atoms with Crippen LogP contribution in [-0.4, -0.2) is 5.66 Å². The van der Waals surface area contributed by atoms with Crippen molar-refractivity contribution in [1.29, 1.82) is 0 Å². The third kappa shape index (κ3) is 3.28. The van der Waals surface area contributed by atoms with Gasteiger partial charge in [0, 0.05) is 0 Å². The van der Waals surface area contributed by atoms with Gasteiger partial charge in [0.2, 0.25) is 0 Å². The third-order valence-electron chi connectivity index (χ3n) is 6.18. The second-order valence-electron chi connectivity index (χ2n) is 7.78. The van der Waals surface area contributed by atoms with Gasteiger partial charge >= 0.3 is 0 Å². The van der Waals surface area contributed by atoms with E-state index in [1.54, 1.807) is 5.57 Å². The van der Waals surface area contributed by atoms with Gasteiger partial charge in [-0.2, -0.15) is 0 Å². The fourth-order valence-corrected chi connectivity index (χ4v) is 8.35. The van der Waals surface area contributed by atoms with Crippen LogP contribution in [0.15, 0.2) is 103 Å². The molecule has 0 aromatic heterocycles. The Hall–Kier alpha value is -2.17. The Balaban J connectivity index is 1.49. The lowest BCUT2D eigenvalue weighted by atomic mass is 9.93. The van der Waals surface area contributed by atoms with Gasteiger partial charge in [-0.05, 0) is 60.9 Å². The molecule has 0 saturated heterocycles. The average Bonchev–Trinajstić information content (AvgIpc) is 3.28. The quantitative estimate of drug-likeness (QED) is 0.400. The van der Waals surface area contributed by atoms with Crippen molar-refractivity contribution in [2.24, 2.45) is 11.8 Å². The molecule has 1 saturated carbocycles. The van der Waals surface area contributed by atoms with Gasteiger partial charge in [0.1, 0.15) is 0 Å². The van der Waals surface area contributed by atoms with Crippen LogP contribution in [0.25, 0.3) is 0 Å². The first kappa shape index (κ1) is 17.0. The molecule has 1 heteroatoms. The summed E-state index contributed by atoms with van der Waals surface area (Å²) in [7, 11) is -0.322. The van der Waals surface area contributed by atoms with Crippen LogP contribution in [0.4, 0.5) is 0 Å². The van der Waals surface area contributed by atoms with Crippen LogP contribution in [0.2, 0.25) is 0 Å². The molecule has 3 aromatic rings. The number of allylic oxidation sites excluding steroid dienone is 2. The Morgan fingerprint density at radius 2 is 1.22 bits per heavy atom. The summed E-state index contributed by atoms with van der Waals surface area (Å²) in [6.07, 6.45) is 6.51. The molecule has 0 heterocycles. The van der Waals surface area contributed by atoms with Gasteiger partial charge in [-0.1, -0.05) is 103 Å². The first-order chi connectivity index (χ1) is 13.4. The highest BCUT2D eigenvalue weighted by Crippen LogP contribution is 2.59. The summed E-state index contributed by atoms with van der Waals surface area (Å²) in [4.78, 5) is 0. The highest BCUT2D eigenvalue weighted by Gasteiger charge is 2.46. The number of fused-ring (bicyclic) bond motifs is 2. The maximum absolute atomic E-state index is 2.65. The van der Waals surface area contributed by atoms with E-state index in [1.807, 2.05) is 0 Å². The molecule has 2 bridgehead atoms. The summed E-state index contributed by atoms with van der Waals surface area (Å²) in [6, 6.07) is 33.6. The minimum atomic E-state index is -0.322. The Morgan fingerprint density at radius 3 is 1.81 bits per heavy atom. The van der Waals surface area contributed by atoms with E-state index in [0.29, 0.717) is 0 Å². The molecule has 0 nitrogen and oxygen atoms in total. The fourth-order valence-electron chi connectivity index (χ4n) is 5.06. The highest BCUT2D eigenvalue weighted by molar-refractivity contribution is 7.73. The summed E-state index contributed by atoms with van der Waals surface area (Å²) in [5, 5.41) is 3.07. The lowest BCUT2D eigenvalue weighted by molar-refractivity contribution is 0.647. The Labute approximate surface area is 163 Å². The van der Waals surface area contributed by atoms with Gasteiger partial charge in [0.05, 0.1) is 0 Å².